The van der Waals surface area contributed by atoms with Crippen molar-refractivity contribution in [3.05, 3.63) is 59.9 Å². The number of methoxy groups -OCH3 is 1. The number of nitrogen functional groups attached to an aromatic ring is 1. The van der Waals surface area contributed by atoms with Crippen LogP contribution in [0, 0.1) is 6.92 Å². The van der Waals surface area contributed by atoms with Gasteiger partial charge in [0.05, 0.1) is 24.4 Å². The van der Waals surface area contributed by atoms with Crippen LogP contribution in [0.3, 0.4) is 0 Å². The molecule has 0 radical (unpaired) electrons. The van der Waals surface area contributed by atoms with Crippen molar-refractivity contribution in [1.29, 1.82) is 0 Å². The number of benzene rings is 1. The topological polar surface area (TPSA) is 103 Å². The fourth-order valence-electron chi connectivity index (χ4n) is 3.50. The summed E-state index contributed by atoms with van der Waals surface area (Å²) in [7, 11) is 1.56. The van der Waals surface area contributed by atoms with Crippen LogP contribution in [-0.4, -0.2) is 33.7 Å². The van der Waals surface area contributed by atoms with E-state index >= 15 is 0 Å². The number of nitrogens with zero attached hydrogens (tertiary/aromatic N) is 4. The highest BCUT2D eigenvalue weighted by Gasteiger charge is 2.43. The molecule has 3 heterocycles. The van der Waals surface area contributed by atoms with Gasteiger partial charge >= 0.3 is 0 Å². The van der Waals surface area contributed by atoms with E-state index in [1.54, 1.807) is 56.6 Å². The maximum absolute atomic E-state index is 13.1. The van der Waals surface area contributed by atoms with E-state index in [9.17, 15) is 9.59 Å². The smallest absolute Gasteiger partial charge is 0.242 e. The van der Waals surface area contributed by atoms with Crippen LogP contribution in [0.25, 0.3) is 5.82 Å². The summed E-state index contributed by atoms with van der Waals surface area (Å²) in [6, 6.07) is 12.2. The highest BCUT2D eigenvalue weighted by molar-refractivity contribution is 6.23. The summed E-state index contributed by atoms with van der Waals surface area (Å²) in [5.41, 5.74) is 7.99. The van der Waals surface area contributed by atoms with Crippen LogP contribution in [0.1, 0.15) is 23.6 Å². The lowest BCUT2D eigenvalue weighted by Crippen LogP contribution is -2.30. The van der Waals surface area contributed by atoms with Crippen LogP contribution in [0.5, 0.6) is 5.75 Å². The number of rotatable bonds is 4. The number of amides is 2. The second-order valence-electron chi connectivity index (χ2n) is 6.51. The Labute approximate surface area is 161 Å². The monoisotopic (exact) mass is 377 g/mol. The third-order valence-corrected chi connectivity index (χ3v) is 4.84. The minimum atomic E-state index is -0.674. The van der Waals surface area contributed by atoms with Crippen LogP contribution in [0.2, 0.25) is 0 Å². The minimum absolute atomic E-state index is 0.0455. The van der Waals surface area contributed by atoms with Crippen molar-refractivity contribution in [2.24, 2.45) is 0 Å². The van der Waals surface area contributed by atoms with E-state index in [0.29, 0.717) is 34.3 Å². The molecule has 1 aliphatic rings. The molecule has 0 saturated carbocycles. The standard InChI is InChI=1S/C20H19N5O3/c1-12-18(19(21)25(23-12)16-5-3-4-10-22-16)15-11-17(26)24(20(15)27)13-6-8-14(28-2)9-7-13/h3-10,15H,11,21H2,1-2H3. The minimum Gasteiger partial charge on any atom is -0.497 e. The molecule has 3 aromatic rings. The molecule has 1 unspecified atom stereocenters. The van der Waals surface area contributed by atoms with Crippen molar-refractivity contribution >= 4 is 23.3 Å². The van der Waals surface area contributed by atoms with E-state index in [4.69, 9.17) is 10.5 Å². The second kappa shape index (κ2) is 6.80. The number of aryl methyl sites for hydroxylation is 1. The van der Waals surface area contributed by atoms with Crippen molar-refractivity contribution in [3.8, 4) is 11.6 Å². The molecule has 0 spiro atoms. The molecule has 1 aliphatic heterocycles. The number of carbonyl (C=O) groups is 2. The number of anilines is 2. The molecule has 1 aromatic carbocycles. The predicted molar refractivity (Wildman–Crippen MR) is 103 cm³/mol. The maximum atomic E-state index is 13.1. The molecule has 2 N–H and O–H groups in total. The van der Waals surface area contributed by atoms with Gasteiger partial charge < -0.3 is 10.5 Å². The van der Waals surface area contributed by atoms with E-state index in [1.807, 2.05) is 6.07 Å². The molecule has 8 nitrogen and oxygen atoms in total. The Balaban J connectivity index is 1.70. The molecule has 1 fully saturated rings. The average molecular weight is 377 g/mol. The first-order valence-corrected chi connectivity index (χ1v) is 8.78. The second-order valence-corrected chi connectivity index (χ2v) is 6.51. The summed E-state index contributed by atoms with van der Waals surface area (Å²) in [5.74, 6) is 0.260. The molecule has 0 bridgehead atoms. The van der Waals surface area contributed by atoms with Gasteiger partial charge in [-0.2, -0.15) is 9.78 Å². The van der Waals surface area contributed by atoms with Gasteiger partial charge in [-0.15, -0.1) is 0 Å². The highest BCUT2D eigenvalue weighted by Crippen LogP contribution is 2.38. The molecule has 0 aliphatic carbocycles. The first-order chi connectivity index (χ1) is 13.5. The Morgan fingerprint density at radius 3 is 2.54 bits per heavy atom. The molecule has 8 heteroatoms. The summed E-state index contributed by atoms with van der Waals surface area (Å²) in [6.45, 7) is 1.78. The maximum Gasteiger partial charge on any atom is 0.242 e. The zero-order valence-corrected chi connectivity index (χ0v) is 15.5. The van der Waals surface area contributed by atoms with Crippen LogP contribution in [0.15, 0.2) is 48.7 Å². The van der Waals surface area contributed by atoms with E-state index in [1.165, 1.54) is 9.58 Å². The Hall–Kier alpha value is -3.68. The summed E-state index contributed by atoms with van der Waals surface area (Å²) >= 11 is 0. The number of hydrogen-bond acceptors (Lipinski definition) is 6. The third-order valence-electron chi connectivity index (χ3n) is 4.84. The summed E-state index contributed by atoms with van der Waals surface area (Å²) in [4.78, 5) is 31.1. The van der Waals surface area contributed by atoms with Crippen molar-refractivity contribution in [1.82, 2.24) is 14.8 Å². The number of ether oxygens (including phenoxy) is 1. The van der Waals surface area contributed by atoms with E-state index in [0.717, 1.165) is 0 Å². The summed E-state index contributed by atoms with van der Waals surface area (Å²) in [6.07, 6.45) is 1.69. The van der Waals surface area contributed by atoms with Gasteiger partial charge in [0.2, 0.25) is 11.8 Å². The van der Waals surface area contributed by atoms with Gasteiger partial charge in [0.15, 0.2) is 5.82 Å². The SMILES string of the molecule is COc1ccc(N2C(=O)CC(c3c(C)nn(-c4ccccn4)c3N)C2=O)cc1. The fraction of sp³-hybridized carbons (Fsp3) is 0.200. The van der Waals surface area contributed by atoms with Crippen LogP contribution in [-0.2, 0) is 9.59 Å². The summed E-state index contributed by atoms with van der Waals surface area (Å²) in [5, 5.41) is 4.44. The molecule has 142 valence electrons. The number of carbonyl (C=O) groups excluding carboxylic acids is 2. The molecule has 4 rings (SSSR count). The normalized spacial score (nSPS) is 16.6. The first-order valence-electron chi connectivity index (χ1n) is 8.78. The Kier molecular flexibility index (Phi) is 4.31. The Morgan fingerprint density at radius 2 is 1.89 bits per heavy atom. The lowest BCUT2D eigenvalue weighted by molar-refractivity contribution is -0.121. The van der Waals surface area contributed by atoms with E-state index < -0.39 is 5.92 Å². The molecule has 1 saturated heterocycles. The lowest BCUT2D eigenvalue weighted by atomic mass is 9.97. The van der Waals surface area contributed by atoms with Gasteiger partial charge in [0.1, 0.15) is 11.6 Å². The summed E-state index contributed by atoms with van der Waals surface area (Å²) < 4.78 is 6.63. The zero-order valence-electron chi connectivity index (χ0n) is 15.5. The van der Waals surface area contributed by atoms with E-state index in [-0.39, 0.29) is 18.2 Å². The number of nitrogens with two attached hydrogens (primary N) is 1. The molecular formula is C20H19N5O3. The Bertz CT molecular complexity index is 1040. The van der Waals surface area contributed by atoms with Crippen molar-refractivity contribution in [2.75, 3.05) is 17.7 Å². The van der Waals surface area contributed by atoms with Gasteiger partial charge in [-0.3, -0.25) is 9.59 Å². The van der Waals surface area contributed by atoms with Crippen LogP contribution in [0.4, 0.5) is 11.5 Å². The number of pyridine rings is 1. The molecule has 1 atom stereocenters. The number of aromatic nitrogens is 3. The fourth-order valence-corrected chi connectivity index (χ4v) is 3.50. The van der Waals surface area contributed by atoms with Crippen molar-refractivity contribution in [2.45, 2.75) is 19.3 Å². The Morgan fingerprint density at radius 1 is 1.14 bits per heavy atom. The van der Waals surface area contributed by atoms with Crippen LogP contribution < -0.4 is 15.4 Å². The lowest BCUT2D eigenvalue weighted by Gasteiger charge is -2.15. The third kappa shape index (κ3) is 2.79. The van der Waals surface area contributed by atoms with Crippen LogP contribution >= 0.6 is 0 Å². The predicted octanol–water partition coefficient (Wildman–Crippen LogP) is 2.21. The van der Waals surface area contributed by atoms with Gasteiger partial charge in [0, 0.05) is 18.2 Å². The zero-order chi connectivity index (χ0) is 19.8. The highest BCUT2D eigenvalue weighted by atomic mass is 16.5. The molecule has 28 heavy (non-hydrogen) atoms. The van der Waals surface area contributed by atoms with Gasteiger partial charge in [-0.05, 0) is 43.3 Å². The average Bonchev–Trinajstić information content (AvgIpc) is 3.17. The van der Waals surface area contributed by atoms with Gasteiger partial charge in [0.25, 0.3) is 0 Å². The van der Waals surface area contributed by atoms with E-state index in [2.05, 4.69) is 10.1 Å². The molecule has 2 aromatic heterocycles. The number of imide groups is 1. The van der Waals surface area contributed by atoms with Crippen molar-refractivity contribution in [3.63, 3.8) is 0 Å². The molecular weight excluding hydrogens is 358 g/mol. The quantitative estimate of drug-likeness (QED) is 0.699. The van der Waals surface area contributed by atoms with Gasteiger partial charge in [-0.1, -0.05) is 6.07 Å². The molecule has 2 amide bonds. The van der Waals surface area contributed by atoms with Crippen molar-refractivity contribution < 1.29 is 14.3 Å². The van der Waals surface area contributed by atoms with Gasteiger partial charge in [-0.25, -0.2) is 9.88 Å². The largest absolute Gasteiger partial charge is 0.497 e. The first kappa shape index (κ1) is 17.7. The number of hydrogen-bond donors (Lipinski definition) is 1.